The first-order valence-electron chi connectivity index (χ1n) is 5.12. The molecule has 0 aliphatic heterocycles. The van der Waals surface area contributed by atoms with Crippen molar-refractivity contribution in [3.63, 3.8) is 0 Å². The Morgan fingerprint density at radius 1 is 1.33 bits per heavy atom. The molecular formula is C12H7BrN2O3. The molecule has 3 heterocycles. The summed E-state index contributed by atoms with van der Waals surface area (Å²) in [5, 5.41) is 9.19. The van der Waals surface area contributed by atoms with Gasteiger partial charge in [0.15, 0.2) is 16.3 Å². The van der Waals surface area contributed by atoms with Gasteiger partial charge in [0.25, 0.3) is 0 Å². The van der Waals surface area contributed by atoms with E-state index in [0.29, 0.717) is 21.8 Å². The van der Waals surface area contributed by atoms with Gasteiger partial charge in [0.1, 0.15) is 5.69 Å². The topological polar surface area (TPSA) is 67.7 Å². The van der Waals surface area contributed by atoms with Crippen LogP contribution in [0.3, 0.4) is 0 Å². The van der Waals surface area contributed by atoms with Crippen molar-refractivity contribution >= 4 is 27.4 Å². The van der Waals surface area contributed by atoms with Crippen molar-refractivity contribution in [1.82, 2.24) is 9.38 Å². The van der Waals surface area contributed by atoms with Gasteiger partial charge in [-0.2, -0.15) is 0 Å². The summed E-state index contributed by atoms with van der Waals surface area (Å²) in [4.78, 5) is 15.4. The Balaban J connectivity index is 2.34. The van der Waals surface area contributed by atoms with Crippen molar-refractivity contribution in [1.29, 1.82) is 0 Å². The number of carboxylic acids is 1. The number of furan rings is 1. The van der Waals surface area contributed by atoms with Gasteiger partial charge in [0.2, 0.25) is 0 Å². The lowest BCUT2D eigenvalue weighted by Gasteiger charge is -2.03. The van der Waals surface area contributed by atoms with E-state index in [-0.39, 0.29) is 5.69 Å². The molecular weight excluding hydrogens is 300 g/mol. The molecule has 0 unspecified atom stereocenters. The van der Waals surface area contributed by atoms with Gasteiger partial charge in [0.05, 0.1) is 11.7 Å². The van der Waals surface area contributed by atoms with E-state index in [2.05, 4.69) is 20.9 Å². The highest BCUT2D eigenvalue weighted by Gasteiger charge is 2.16. The zero-order chi connectivity index (χ0) is 12.7. The Labute approximate surface area is 110 Å². The van der Waals surface area contributed by atoms with Crippen molar-refractivity contribution in [3.05, 3.63) is 46.9 Å². The van der Waals surface area contributed by atoms with E-state index in [1.54, 1.807) is 34.9 Å². The molecule has 0 aliphatic carbocycles. The first-order chi connectivity index (χ1) is 8.66. The quantitative estimate of drug-likeness (QED) is 0.790. The monoisotopic (exact) mass is 306 g/mol. The molecule has 0 fully saturated rings. The van der Waals surface area contributed by atoms with Gasteiger partial charge in [-0.1, -0.05) is 6.07 Å². The van der Waals surface area contributed by atoms with Crippen LogP contribution in [0.15, 0.2) is 45.6 Å². The minimum absolute atomic E-state index is 0.146. The summed E-state index contributed by atoms with van der Waals surface area (Å²) in [5.41, 5.74) is 0.852. The molecule has 3 aromatic rings. The molecule has 0 saturated heterocycles. The first kappa shape index (κ1) is 11.0. The summed E-state index contributed by atoms with van der Waals surface area (Å²) in [6, 6.07) is 8.47. The van der Waals surface area contributed by atoms with Crippen molar-refractivity contribution in [2.24, 2.45) is 0 Å². The summed E-state index contributed by atoms with van der Waals surface area (Å²) in [5.74, 6) is -0.0326. The van der Waals surface area contributed by atoms with Gasteiger partial charge in [-0.05, 0) is 40.2 Å². The van der Waals surface area contributed by atoms with Gasteiger partial charge >= 0.3 is 5.97 Å². The Kier molecular flexibility index (Phi) is 2.45. The average Bonchev–Trinajstić information content (AvgIpc) is 2.94. The normalized spacial score (nSPS) is 10.9. The van der Waals surface area contributed by atoms with Crippen LogP contribution in [-0.2, 0) is 0 Å². The van der Waals surface area contributed by atoms with E-state index >= 15 is 0 Å². The van der Waals surface area contributed by atoms with Gasteiger partial charge < -0.3 is 9.52 Å². The molecule has 3 rings (SSSR count). The SMILES string of the molecule is O=C(O)c1cccc2cnc(-c3ccc(Br)o3)n12. The largest absolute Gasteiger partial charge is 0.477 e. The molecule has 0 bridgehead atoms. The third-order valence-electron chi connectivity index (χ3n) is 2.56. The fraction of sp³-hybridized carbons (Fsp3) is 0. The van der Waals surface area contributed by atoms with Crippen LogP contribution < -0.4 is 0 Å². The highest BCUT2D eigenvalue weighted by Crippen LogP contribution is 2.25. The first-order valence-corrected chi connectivity index (χ1v) is 5.91. The molecule has 0 aromatic carbocycles. The maximum atomic E-state index is 11.2. The van der Waals surface area contributed by atoms with Crippen LogP contribution in [0.4, 0.5) is 0 Å². The number of hydrogen-bond donors (Lipinski definition) is 1. The van der Waals surface area contributed by atoms with E-state index in [1.807, 2.05) is 0 Å². The molecule has 1 N–H and O–H groups in total. The number of imidazole rings is 1. The summed E-state index contributed by atoms with van der Waals surface area (Å²) < 4.78 is 7.53. The molecule has 18 heavy (non-hydrogen) atoms. The fourth-order valence-corrected chi connectivity index (χ4v) is 2.13. The minimum Gasteiger partial charge on any atom is -0.477 e. The van der Waals surface area contributed by atoms with Crippen LogP contribution in [0.5, 0.6) is 0 Å². The Hall–Kier alpha value is -2.08. The van der Waals surface area contributed by atoms with Gasteiger partial charge in [-0.15, -0.1) is 0 Å². The number of aromatic carboxylic acids is 1. The van der Waals surface area contributed by atoms with Crippen LogP contribution in [-0.4, -0.2) is 20.5 Å². The van der Waals surface area contributed by atoms with E-state index in [9.17, 15) is 9.90 Å². The summed E-state index contributed by atoms with van der Waals surface area (Å²) in [6.07, 6.45) is 1.61. The molecule has 0 spiro atoms. The fourth-order valence-electron chi connectivity index (χ4n) is 1.82. The molecule has 5 nitrogen and oxygen atoms in total. The molecule has 0 aliphatic rings. The number of carbonyl (C=O) groups is 1. The predicted molar refractivity (Wildman–Crippen MR) is 67.6 cm³/mol. The van der Waals surface area contributed by atoms with Gasteiger partial charge in [-0.25, -0.2) is 9.78 Å². The van der Waals surface area contributed by atoms with Crippen LogP contribution in [0.25, 0.3) is 17.1 Å². The predicted octanol–water partition coefficient (Wildman–Crippen LogP) is 3.06. The zero-order valence-corrected chi connectivity index (χ0v) is 10.6. The average molecular weight is 307 g/mol. The van der Waals surface area contributed by atoms with Crippen LogP contribution in [0.2, 0.25) is 0 Å². The Morgan fingerprint density at radius 3 is 2.83 bits per heavy atom. The third-order valence-corrected chi connectivity index (χ3v) is 2.99. The van der Waals surface area contributed by atoms with Crippen LogP contribution in [0, 0.1) is 0 Å². The molecule has 6 heteroatoms. The number of aromatic nitrogens is 2. The number of nitrogens with zero attached hydrogens (tertiary/aromatic N) is 2. The van der Waals surface area contributed by atoms with E-state index < -0.39 is 5.97 Å². The van der Waals surface area contributed by atoms with Crippen molar-refractivity contribution in [2.45, 2.75) is 0 Å². The number of halogens is 1. The highest BCUT2D eigenvalue weighted by atomic mass is 79.9. The molecule has 90 valence electrons. The number of rotatable bonds is 2. The molecule has 0 atom stereocenters. The Morgan fingerprint density at radius 2 is 2.17 bits per heavy atom. The molecule has 3 aromatic heterocycles. The summed E-state index contributed by atoms with van der Waals surface area (Å²) in [7, 11) is 0. The third kappa shape index (κ3) is 1.62. The second-order valence-corrected chi connectivity index (χ2v) is 4.44. The van der Waals surface area contributed by atoms with E-state index in [0.717, 1.165) is 0 Å². The number of fused-ring (bicyclic) bond motifs is 1. The second kappa shape index (κ2) is 3.99. The van der Waals surface area contributed by atoms with Crippen molar-refractivity contribution < 1.29 is 14.3 Å². The zero-order valence-electron chi connectivity index (χ0n) is 9.00. The lowest BCUT2D eigenvalue weighted by molar-refractivity contribution is 0.0689. The Bertz CT molecular complexity index is 745. The molecule has 0 saturated carbocycles. The number of hydrogen-bond acceptors (Lipinski definition) is 3. The standard InChI is InChI=1S/C12H7BrN2O3/c13-10-5-4-9(18-10)11-14-6-7-2-1-3-8(12(16)17)15(7)11/h1-6H,(H,16,17). The van der Waals surface area contributed by atoms with E-state index in [1.165, 1.54) is 6.07 Å². The number of carboxylic acid groups (broad SMARTS) is 1. The summed E-state index contributed by atoms with van der Waals surface area (Å²) in [6.45, 7) is 0. The lowest BCUT2D eigenvalue weighted by atomic mass is 10.3. The van der Waals surface area contributed by atoms with E-state index in [4.69, 9.17) is 4.42 Å². The molecule has 0 radical (unpaired) electrons. The highest BCUT2D eigenvalue weighted by molar-refractivity contribution is 9.10. The van der Waals surface area contributed by atoms with Crippen molar-refractivity contribution in [2.75, 3.05) is 0 Å². The van der Waals surface area contributed by atoms with Gasteiger partial charge in [0, 0.05) is 0 Å². The van der Waals surface area contributed by atoms with Crippen LogP contribution >= 0.6 is 15.9 Å². The summed E-state index contributed by atoms with van der Waals surface area (Å²) >= 11 is 3.21. The maximum Gasteiger partial charge on any atom is 0.352 e. The molecule has 0 amide bonds. The van der Waals surface area contributed by atoms with Crippen molar-refractivity contribution in [3.8, 4) is 11.6 Å². The number of pyridine rings is 1. The second-order valence-electron chi connectivity index (χ2n) is 3.66. The van der Waals surface area contributed by atoms with Crippen LogP contribution in [0.1, 0.15) is 10.5 Å². The minimum atomic E-state index is -1.01. The van der Waals surface area contributed by atoms with Gasteiger partial charge in [-0.3, -0.25) is 4.40 Å². The maximum absolute atomic E-state index is 11.2. The smallest absolute Gasteiger partial charge is 0.352 e. The lowest BCUT2D eigenvalue weighted by Crippen LogP contribution is -2.05.